The number of thiazole rings is 1. The standard InChI is InChI=1S/C30H32N2O7S/c1-7-37-24-15-21(10-13-23(24)39-19(5)33)27-26(29(35)38-16-17(2)3)18(4)31-30-32(27)28(34)25(40-30)14-20-8-11-22(36-6)12-9-20/h8-15,17,27H,7,16H2,1-6H3. The molecule has 10 heteroatoms. The summed E-state index contributed by atoms with van der Waals surface area (Å²) in [5.41, 5.74) is 1.82. The van der Waals surface area contributed by atoms with Gasteiger partial charge in [0, 0.05) is 6.92 Å². The summed E-state index contributed by atoms with van der Waals surface area (Å²) in [6.07, 6.45) is 1.78. The van der Waals surface area contributed by atoms with Crippen LogP contribution in [0.25, 0.3) is 6.08 Å². The lowest BCUT2D eigenvalue weighted by molar-refractivity contribution is -0.140. The predicted octanol–water partition coefficient (Wildman–Crippen LogP) is 3.77. The maximum Gasteiger partial charge on any atom is 0.338 e. The Morgan fingerprint density at radius 3 is 2.48 bits per heavy atom. The number of carbonyl (C=O) groups excluding carboxylic acids is 2. The Morgan fingerprint density at radius 2 is 1.85 bits per heavy atom. The number of methoxy groups -OCH3 is 1. The summed E-state index contributed by atoms with van der Waals surface area (Å²) in [6.45, 7) is 9.28. The van der Waals surface area contributed by atoms with Gasteiger partial charge in [0.1, 0.15) is 5.75 Å². The molecule has 1 aliphatic rings. The summed E-state index contributed by atoms with van der Waals surface area (Å²) in [5.74, 6) is 0.359. The van der Waals surface area contributed by atoms with E-state index in [1.165, 1.54) is 22.8 Å². The van der Waals surface area contributed by atoms with Crippen molar-refractivity contribution < 1.29 is 28.5 Å². The van der Waals surface area contributed by atoms with Crippen molar-refractivity contribution in [2.45, 2.75) is 40.7 Å². The molecule has 0 N–H and O–H groups in total. The topological polar surface area (TPSA) is 105 Å². The zero-order valence-electron chi connectivity index (χ0n) is 23.3. The largest absolute Gasteiger partial charge is 0.497 e. The number of rotatable bonds is 9. The molecule has 9 nitrogen and oxygen atoms in total. The van der Waals surface area contributed by atoms with E-state index < -0.39 is 18.0 Å². The van der Waals surface area contributed by atoms with Crippen LogP contribution >= 0.6 is 11.3 Å². The Labute approximate surface area is 236 Å². The number of fused-ring (bicyclic) bond motifs is 1. The van der Waals surface area contributed by atoms with E-state index in [9.17, 15) is 14.4 Å². The number of ether oxygens (including phenoxy) is 4. The van der Waals surface area contributed by atoms with E-state index in [0.29, 0.717) is 38.7 Å². The number of esters is 2. The van der Waals surface area contributed by atoms with Crippen molar-refractivity contribution in [1.29, 1.82) is 0 Å². The van der Waals surface area contributed by atoms with Crippen LogP contribution in [0.4, 0.5) is 0 Å². The predicted molar refractivity (Wildman–Crippen MR) is 151 cm³/mol. The SMILES string of the molecule is CCOc1cc(C2C(C(=O)OCC(C)C)=C(C)N=c3sc(=Cc4ccc(OC)cc4)c(=O)n32)ccc1OC(C)=O. The summed E-state index contributed by atoms with van der Waals surface area (Å²) in [4.78, 5) is 44.0. The highest BCUT2D eigenvalue weighted by Crippen LogP contribution is 2.36. The molecule has 0 saturated carbocycles. The normalized spacial score (nSPS) is 15.0. The van der Waals surface area contributed by atoms with Crippen molar-refractivity contribution in [1.82, 2.24) is 4.57 Å². The molecular weight excluding hydrogens is 532 g/mol. The number of allylic oxidation sites excluding steroid dienone is 1. The number of hydrogen-bond donors (Lipinski definition) is 0. The van der Waals surface area contributed by atoms with E-state index in [4.69, 9.17) is 18.9 Å². The molecular formula is C30H32N2O7S. The number of nitrogens with zero attached hydrogens (tertiary/aromatic N) is 2. The van der Waals surface area contributed by atoms with E-state index in [1.54, 1.807) is 38.3 Å². The molecule has 1 aromatic heterocycles. The molecule has 1 unspecified atom stereocenters. The molecule has 1 aliphatic heterocycles. The molecule has 4 rings (SSSR count). The van der Waals surface area contributed by atoms with Crippen LogP contribution in [0.15, 0.2) is 63.5 Å². The van der Waals surface area contributed by atoms with E-state index in [-0.39, 0.29) is 29.4 Å². The number of aromatic nitrogens is 1. The molecule has 0 radical (unpaired) electrons. The van der Waals surface area contributed by atoms with Crippen molar-refractivity contribution in [3.8, 4) is 17.2 Å². The molecule has 0 aliphatic carbocycles. The minimum Gasteiger partial charge on any atom is -0.497 e. The van der Waals surface area contributed by atoms with Gasteiger partial charge in [-0.1, -0.05) is 43.4 Å². The van der Waals surface area contributed by atoms with Gasteiger partial charge in [-0.25, -0.2) is 9.79 Å². The Morgan fingerprint density at radius 1 is 1.12 bits per heavy atom. The van der Waals surface area contributed by atoms with Crippen LogP contribution in [0.2, 0.25) is 0 Å². The fraction of sp³-hybridized carbons (Fsp3) is 0.333. The van der Waals surface area contributed by atoms with Crippen LogP contribution in [0.5, 0.6) is 17.2 Å². The van der Waals surface area contributed by atoms with E-state index >= 15 is 0 Å². The van der Waals surface area contributed by atoms with Crippen molar-refractivity contribution in [2.24, 2.45) is 10.9 Å². The smallest absolute Gasteiger partial charge is 0.338 e. The van der Waals surface area contributed by atoms with Gasteiger partial charge in [-0.2, -0.15) is 0 Å². The van der Waals surface area contributed by atoms with Crippen LogP contribution < -0.4 is 29.1 Å². The summed E-state index contributed by atoms with van der Waals surface area (Å²) in [7, 11) is 1.59. The maximum atomic E-state index is 13.9. The first kappa shape index (κ1) is 28.8. The van der Waals surface area contributed by atoms with Crippen molar-refractivity contribution in [3.05, 3.63) is 84.5 Å². The quantitative estimate of drug-likeness (QED) is 0.288. The first-order valence-corrected chi connectivity index (χ1v) is 13.7. The van der Waals surface area contributed by atoms with Crippen LogP contribution in [0.3, 0.4) is 0 Å². The second-order valence-electron chi connectivity index (χ2n) is 9.58. The first-order chi connectivity index (χ1) is 19.1. The van der Waals surface area contributed by atoms with Gasteiger partial charge in [-0.05, 0) is 61.2 Å². The zero-order chi connectivity index (χ0) is 29.0. The number of benzene rings is 2. The van der Waals surface area contributed by atoms with E-state index in [2.05, 4.69) is 4.99 Å². The fourth-order valence-electron chi connectivity index (χ4n) is 4.27. The van der Waals surface area contributed by atoms with Gasteiger partial charge in [0.25, 0.3) is 5.56 Å². The Hall–Kier alpha value is -4.18. The minimum atomic E-state index is -0.834. The minimum absolute atomic E-state index is 0.126. The molecule has 2 heterocycles. The molecule has 0 bridgehead atoms. The van der Waals surface area contributed by atoms with Crippen molar-refractivity contribution >= 4 is 29.4 Å². The molecule has 210 valence electrons. The van der Waals surface area contributed by atoms with Crippen LogP contribution in [-0.4, -0.2) is 36.8 Å². The Kier molecular flexibility index (Phi) is 8.89. The van der Waals surface area contributed by atoms with Gasteiger partial charge in [0.15, 0.2) is 16.3 Å². The lowest BCUT2D eigenvalue weighted by Gasteiger charge is -2.25. The van der Waals surface area contributed by atoms with Crippen LogP contribution in [0, 0.1) is 5.92 Å². The second-order valence-corrected chi connectivity index (χ2v) is 10.6. The number of hydrogen-bond acceptors (Lipinski definition) is 9. The molecule has 40 heavy (non-hydrogen) atoms. The highest BCUT2D eigenvalue weighted by Gasteiger charge is 2.34. The first-order valence-electron chi connectivity index (χ1n) is 12.9. The summed E-state index contributed by atoms with van der Waals surface area (Å²) >= 11 is 1.24. The monoisotopic (exact) mass is 564 g/mol. The highest BCUT2D eigenvalue weighted by molar-refractivity contribution is 7.07. The van der Waals surface area contributed by atoms with Gasteiger partial charge in [0.2, 0.25) is 0 Å². The molecule has 0 amide bonds. The third-order valence-electron chi connectivity index (χ3n) is 6.04. The number of carbonyl (C=O) groups is 2. The highest BCUT2D eigenvalue weighted by atomic mass is 32.1. The lowest BCUT2D eigenvalue weighted by atomic mass is 9.95. The van der Waals surface area contributed by atoms with Crippen molar-refractivity contribution in [3.63, 3.8) is 0 Å². The summed E-state index contributed by atoms with van der Waals surface area (Å²) in [6, 6.07) is 11.5. The average molecular weight is 565 g/mol. The summed E-state index contributed by atoms with van der Waals surface area (Å²) in [5, 5.41) is 0. The Bertz CT molecular complexity index is 1630. The summed E-state index contributed by atoms with van der Waals surface area (Å²) < 4.78 is 23.9. The zero-order valence-corrected chi connectivity index (χ0v) is 24.2. The average Bonchev–Trinajstić information content (AvgIpc) is 3.21. The molecule has 2 aromatic carbocycles. The molecule has 0 saturated heterocycles. The Balaban J connectivity index is 1.91. The van der Waals surface area contributed by atoms with Crippen LogP contribution in [0.1, 0.15) is 51.8 Å². The second kappa shape index (κ2) is 12.3. The van der Waals surface area contributed by atoms with Gasteiger partial charge < -0.3 is 18.9 Å². The lowest BCUT2D eigenvalue weighted by Crippen LogP contribution is -2.40. The molecule has 1 atom stereocenters. The van der Waals surface area contributed by atoms with Gasteiger partial charge in [-0.15, -0.1) is 0 Å². The van der Waals surface area contributed by atoms with Crippen LogP contribution in [-0.2, 0) is 14.3 Å². The van der Waals surface area contributed by atoms with E-state index in [0.717, 1.165) is 5.56 Å². The maximum absolute atomic E-state index is 13.9. The fourth-order valence-corrected chi connectivity index (χ4v) is 5.32. The third kappa shape index (κ3) is 6.17. The molecule has 3 aromatic rings. The molecule has 0 spiro atoms. The molecule has 0 fully saturated rings. The van der Waals surface area contributed by atoms with Gasteiger partial charge in [-0.3, -0.25) is 14.2 Å². The third-order valence-corrected chi connectivity index (χ3v) is 7.02. The van der Waals surface area contributed by atoms with Gasteiger partial charge >= 0.3 is 11.9 Å². The van der Waals surface area contributed by atoms with Gasteiger partial charge in [0.05, 0.1) is 42.2 Å². The van der Waals surface area contributed by atoms with Crippen molar-refractivity contribution in [2.75, 3.05) is 20.3 Å². The van der Waals surface area contributed by atoms with E-state index in [1.807, 2.05) is 45.0 Å².